The van der Waals surface area contributed by atoms with E-state index in [2.05, 4.69) is 44.2 Å². The van der Waals surface area contributed by atoms with Gasteiger partial charge in [0.2, 0.25) is 0 Å². The van der Waals surface area contributed by atoms with E-state index in [9.17, 15) is 0 Å². The lowest BCUT2D eigenvalue weighted by atomic mass is 9.75. The van der Waals surface area contributed by atoms with Crippen LogP contribution in [-0.4, -0.2) is 42.7 Å². The van der Waals surface area contributed by atoms with E-state index in [4.69, 9.17) is 19.7 Å². The lowest BCUT2D eigenvalue weighted by Gasteiger charge is -2.30. The van der Waals surface area contributed by atoms with Gasteiger partial charge in [-0.1, -0.05) is 44.2 Å². The fourth-order valence-corrected chi connectivity index (χ4v) is 2.69. The van der Waals surface area contributed by atoms with Crippen LogP contribution in [0, 0.1) is 0 Å². The molecule has 1 aliphatic carbocycles. The van der Waals surface area contributed by atoms with Gasteiger partial charge < -0.3 is 19.7 Å². The Kier molecular flexibility index (Phi) is 6.39. The van der Waals surface area contributed by atoms with Crippen molar-refractivity contribution in [1.29, 1.82) is 0 Å². The molecule has 0 amide bonds. The van der Waals surface area contributed by atoms with Gasteiger partial charge >= 0.3 is 0 Å². The maximum Gasteiger partial charge on any atom is 0.119 e. The van der Waals surface area contributed by atoms with Crippen LogP contribution in [-0.2, 0) is 10.2 Å². The zero-order valence-corrected chi connectivity index (χ0v) is 13.9. The largest absolute Gasteiger partial charge is 0.491 e. The van der Waals surface area contributed by atoms with Crippen LogP contribution in [0.3, 0.4) is 0 Å². The molecule has 0 bridgehead atoms. The smallest absolute Gasteiger partial charge is 0.119 e. The van der Waals surface area contributed by atoms with Crippen LogP contribution < -0.4 is 4.74 Å². The van der Waals surface area contributed by atoms with Gasteiger partial charge in [0.1, 0.15) is 12.4 Å². The van der Waals surface area contributed by atoms with Gasteiger partial charge in [0.05, 0.1) is 25.9 Å². The van der Waals surface area contributed by atoms with Crippen molar-refractivity contribution >= 4 is 0 Å². The summed E-state index contributed by atoms with van der Waals surface area (Å²) in [6, 6.07) is 8.01. The first kappa shape index (κ1) is 17.7. The van der Waals surface area contributed by atoms with E-state index in [1.54, 1.807) is 0 Å². The summed E-state index contributed by atoms with van der Waals surface area (Å²) in [6.07, 6.45) is 7.26. The van der Waals surface area contributed by atoms with E-state index in [1.165, 1.54) is 11.1 Å². The standard InChI is InChI=1S/C19H26O4/c1-19(2,15-3-7-17(8-4-15)22-13-11-20)16-5-9-18(10-6-16)23-14-12-21/h3-9,18,20-21H,10-14H2,1-2H3. The number of ether oxygens (including phenoxy) is 2. The second-order valence-electron chi connectivity index (χ2n) is 6.11. The monoisotopic (exact) mass is 318 g/mol. The predicted octanol–water partition coefficient (Wildman–Crippen LogP) is 2.60. The van der Waals surface area contributed by atoms with Crippen molar-refractivity contribution in [2.24, 2.45) is 0 Å². The number of benzene rings is 1. The van der Waals surface area contributed by atoms with Crippen LogP contribution in [0.15, 0.2) is 48.1 Å². The molecule has 23 heavy (non-hydrogen) atoms. The molecule has 0 heterocycles. The van der Waals surface area contributed by atoms with E-state index in [1.807, 2.05) is 12.1 Å². The summed E-state index contributed by atoms with van der Waals surface area (Å²) in [4.78, 5) is 0. The van der Waals surface area contributed by atoms with Gasteiger partial charge in [0.25, 0.3) is 0 Å². The topological polar surface area (TPSA) is 58.9 Å². The molecule has 4 heteroatoms. The number of hydrogen-bond donors (Lipinski definition) is 2. The Labute approximate surface area is 138 Å². The number of rotatable bonds is 8. The number of allylic oxidation sites excluding steroid dienone is 2. The summed E-state index contributed by atoms with van der Waals surface area (Å²) < 4.78 is 10.9. The maximum absolute atomic E-state index is 8.81. The quantitative estimate of drug-likeness (QED) is 0.773. The highest BCUT2D eigenvalue weighted by Gasteiger charge is 2.26. The molecule has 1 atom stereocenters. The second kappa shape index (κ2) is 8.29. The van der Waals surface area contributed by atoms with Gasteiger partial charge in [-0.2, -0.15) is 0 Å². The van der Waals surface area contributed by atoms with Crippen LogP contribution >= 0.6 is 0 Å². The Morgan fingerprint density at radius 1 is 1.09 bits per heavy atom. The average Bonchev–Trinajstić information content (AvgIpc) is 2.59. The highest BCUT2D eigenvalue weighted by molar-refractivity contribution is 5.43. The molecule has 0 saturated heterocycles. The van der Waals surface area contributed by atoms with E-state index in [0.29, 0.717) is 13.2 Å². The zero-order valence-electron chi connectivity index (χ0n) is 13.9. The van der Waals surface area contributed by atoms with Crippen molar-refractivity contribution < 1.29 is 19.7 Å². The third kappa shape index (κ3) is 4.67. The minimum atomic E-state index is -0.103. The maximum atomic E-state index is 8.81. The van der Waals surface area contributed by atoms with Gasteiger partial charge in [0, 0.05) is 5.41 Å². The first-order valence-electron chi connectivity index (χ1n) is 8.03. The van der Waals surface area contributed by atoms with Crippen molar-refractivity contribution in [3.05, 3.63) is 53.6 Å². The molecule has 1 aliphatic rings. The third-order valence-electron chi connectivity index (χ3n) is 4.14. The molecule has 0 aromatic heterocycles. The van der Waals surface area contributed by atoms with Crippen LogP contribution in [0.4, 0.5) is 0 Å². The molecule has 126 valence electrons. The molecule has 1 unspecified atom stereocenters. The zero-order chi connectivity index (χ0) is 16.7. The summed E-state index contributed by atoms with van der Waals surface area (Å²) in [7, 11) is 0. The lowest BCUT2D eigenvalue weighted by molar-refractivity contribution is 0.0553. The second-order valence-corrected chi connectivity index (χ2v) is 6.11. The Bertz CT molecular complexity index is 543. The molecule has 0 fully saturated rings. The van der Waals surface area contributed by atoms with Crippen molar-refractivity contribution in [2.75, 3.05) is 26.4 Å². The number of aliphatic hydroxyl groups excluding tert-OH is 2. The molecule has 1 aromatic carbocycles. The van der Waals surface area contributed by atoms with E-state index < -0.39 is 0 Å². The Hall–Kier alpha value is -1.62. The Morgan fingerprint density at radius 3 is 2.35 bits per heavy atom. The van der Waals surface area contributed by atoms with Crippen LogP contribution in [0.1, 0.15) is 25.8 Å². The first-order chi connectivity index (χ1) is 11.1. The molecule has 1 aromatic rings. The molecule has 2 N–H and O–H groups in total. The Balaban J connectivity index is 2.04. The molecule has 2 rings (SSSR count). The number of aliphatic hydroxyl groups is 2. The highest BCUT2D eigenvalue weighted by Crippen LogP contribution is 2.35. The third-order valence-corrected chi connectivity index (χ3v) is 4.14. The summed E-state index contributed by atoms with van der Waals surface area (Å²) in [6.45, 7) is 5.15. The molecule has 0 aliphatic heterocycles. The predicted molar refractivity (Wildman–Crippen MR) is 90.7 cm³/mol. The van der Waals surface area contributed by atoms with Gasteiger partial charge in [0.15, 0.2) is 0 Å². The van der Waals surface area contributed by atoms with Crippen molar-refractivity contribution in [3.8, 4) is 5.75 Å². The normalized spacial score (nSPS) is 17.9. The number of hydrogen-bond acceptors (Lipinski definition) is 4. The summed E-state index contributed by atoms with van der Waals surface area (Å²) >= 11 is 0. The van der Waals surface area contributed by atoms with Crippen LogP contribution in [0.2, 0.25) is 0 Å². The molecule has 0 radical (unpaired) electrons. The van der Waals surface area contributed by atoms with Crippen molar-refractivity contribution in [1.82, 2.24) is 0 Å². The molecule has 0 spiro atoms. The fourth-order valence-electron chi connectivity index (χ4n) is 2.69. The molecule has 0 saturated carbocycles. The molecular weight excluding hydrogens is 292 g/mol. The van der Waals surface area contributed by atoms with Gasteiger partial charge in [-0.3, -0.25) is 0 Å². The van der Waals surface area contributed by atoms with E-state index in [0.717, 1.165) is 12.2 Å². The minimum Gasteiger partial charge on any atom is -0.491 e. The lowest BCUT2D eigenvalue weighted by Crippen LogP contribution is -2.23. The van der Waals surface area contributed by atoms with E-state index in [-0.39, 0.29) is 24.7 Å². The molecular formula is C19H26O4. The summed E-state index contributed by atoms with van der Waals surface area (Å²) in [5.41, 5.74) is 2.36. The summed E-state index contributed by atoms with van der Waals surface area (Å²) in [5, 5.41) is 17.6. The summed E-state index contributed by atoms with van der Waals surface area (Å²) in [5.74, 6) is 0.768. The van der Waals surface area contributed by atoms with Crippen molar-refractivity contribution in [2.45, 2.75) is 31.8 Å². The first-order valence-corrected chi connectivity index (χ1v) is 8.03. The average molecular weight is 318 g/mol. The minimum absolute atomic E-state index is 0.0183. The van der Waals surface area contributed by atoms with Crippen LogP contribution in [0.25, 0.3) is 0 Å². The highest BCUT2D eigenvalue weighted by atomic mass is 16.5. The van der Waals surface area contributed by atoms with Crippen LogP contribution in [0.5, 0.6) is 5.75 Å². The Morgan fingerprint density at radius 2 is 1.78 bits per heavy atom. The van der Waals surface area contributed by atoms with Gasteiger partial charge in [-0.05, 0) is 29.7 Å². The van der Waals surface area contributed by atoms with E-state index >= 15 is 0 Å². The SMILES string of the molecule is CC(C)(C1=CCC(OCCO)C=C1)c1ccc(OCCO)cc1. The van der Waals surface area contributed by atoms with Crippen molar-refractivity contribution in [3.63, 3.8) is 0 Å². The molecule has 4 nitrogen and oxygen atoms in total. The van der Waals surface area contributed by atoms with Gasteiger partial charge in [-0.25, -0.2) is 0 Å². The van der Waals surface area contributed by atoms with Gasteiger partial charge in [-0.15, -0.1) is 0 Å². The fraction of sp³-hybridized carbons (Fsp3) is 0.474.